The molecule has 120 valence electrons. The van der Waals surface area contributed by atoms with Crippen LogP contribution in [-0.2, 0) is 16.0 Å². The fraction of sp³-hybridized carbons (Fsp3) is 0.412. The van der Waals surface area contributed by atoms with Crippen LogP contribution in [0.3, 0.4) is 0 Å². The summed E-state index contributed by atoms with van der Waals surface area (Å²) in [5, 5.41) is 5.39. The Kier molecular flexibility index (Phi) is 6.00. The van der Waals surface area contributed by atoms with Crippen LogP contribution in [0.5, 0.6) is 11.5 Å². The lowest BCUT2D eigenvalue weighted by Gasteiger charge is -2.17. The predicted octanol–water partition coefficient (Wildman–Crippen LogP) is 2.57. The third-order valence-electron chi connectivity index (χ3n) is 3.61. The molecule has 0 aliphatic heterocycles. The maximum absolute atomic E-state index is 5.61. The zero-order valence-electron chi connectivity index (χ0n) is 13.5. The van der Waals surface area contributed by atoms with Crippen molar-refractivity contribution in [1.29, 1.82) is 0 Å². The lowest BCUT2D eigenvalue weighted by atomic mass is 10.0. The second-order valence-corrected chi connectivity index (χ2v) is 4.85. The van der Waals surface area contributed by atoms with E-state index in [4.69, 9.17) is 18.9 Å². The van der Waals surface area contributed by atoms with Gasteiger partial charge >= 0.3 is 0 Å². The van der Waals surface area contributed by atoms with Crippen molar-refractivity contribution in [2.75, 3.05) is 35.0 Å². The van der Waals surface area contributed by atoms with Gasteiger partial charge in [0.05, 0.1) is 14.2 Å². The van der Waals surface area contributed by atoms with Crippen LogP contribution in [0.1, 0.15) is 5.56 Å². The van der Waals surface area contributed by atoms with Crippen molar-refractivity contribution < 1.29 is 18.9 Å². The molecule has 0 saturated carbocycles. The van der Waals surface area contributed by atoms with Crippen LogP contribution >= 0.6 is 0 Å². The summed E-state index contributed by atoms with van der Waals surface area (Å²) >= 11 is 0. The molecule has 5 heteroatoms. The van der Waals surface area contributed by atoms with Crippen molar-refractivity contribution in [1.82, 2.24) is 5.32 Å². The van der Waals surface area contributed by atoms with Gasteiger partial charge in [-0.25, -0.2) is 0 Å². The highest BCUT2D eigenvalue weighted by atomic mass is 16.7. The Labute approximate surface area is 131 Å². The molecule has 0 heterocycles. The normalized spacial score (nSPS) is 11.1. The van der Waals surface area contributed by atoms with Gasteiger partial charge in [0.15, 0.2) is 6.29 Å². The van der Waals surface area contributed by atoms with E-state index >= 15 is 0 Å². The highest BCUT2D eigenvalue weighted by Gasteiger charge is 2.13. The summed E-state index contributed by atoms with van der Waals surface area (Å²) in [6, 6.07) is 10.0. The van der Waals surface area contributed by atoms with Crippen LogP contribution in [0.4, 0.5) is 0 Å². The van der Waals surface area contributed by atoms with E-state index in [9.17, 15) is 0 Å². The molecular formula is C17H23NO4. The van der Waals surface area contributed by atoms with Gasteiger partial charge in [-0.3, -0.25) is 0 Å². The third kappa shape index (κ3) is 3.50. The maximum atomic E-state index is 5.61. The number of hydrogen-bond acceptors (Lipinski definition) is 5. The lowest BCUT2D eigenvalue weighted by Crippen LogP contribution is -2.29. The van der Waals surface area contributed by atoms with E-state index in [-0.39, 0.29) is 6.29 Å². The fourth-order valence-electron chi connectivity index (χ4n) is 2.50. The molecule has 2 rings (SSSR count). The quantitative estimate of drug-likeness (QED) is 0.760. The fourth-order valence-corrected chi connectivity index (χ4v) is 2.50. The van der Waals surface area contributed by atoms with E-state index in [2.05, 4.69) is 5.32 Å². The van der Waals surface area contributed by atoms with E-state index in [0.29, 0.717) is 13.1 Å². The SMILES string of the molecule is COc1cc(CNCC(OC)OC)c(OC)c2ccccc12. The van der Waals surface area contributed by atoms with Crippen molar-refractivity contribution in [3.63, 3.8) is 0 Å². The lowest BCUT2D eigenvalue weighted by molar-refractivity contribution is -0.0989. The van der Waals surface area contributed by atoms with Gasteiger partial charge in [-0.1, -0.05) is 24.3 Å². The molecule has 0 aliphatic rings. The molecule has 0 radical (unpaired) electrons. The Hall–Kier alpha value is -1.82. The van der Waals surface area contributed by atoms with Gasteiger partial charge in [-0.05, 0) is 6.07 Å². The maximum Gasteiger partial charge on any atom is 0.169 e. The van der Waals surface area contributed by atoms with Crippen molar-refractivity contribution in [3.05, 3.63) is 35.9 Å². The Morgan fingerprint density at radius 3 is 2.23 bits per heavy atom. The predicted molar refractivity (Wildman–Crippen MR) is 86.6 cm³/mol. The Morgan fingerprint density at radius 2 is 1.64 bits per heavy atom. The standard InChI is InChI=1S/C17H23NO4/c1-19-15-9-12(10-18-11-16(20-2)21-3)17(22-4)14-8-6-5-7-13(14)15/h5-9,16,18H,10-11H2,1-4H3. The van der Waals surface area contributed by atoms with E-state index in [1.54, 1.807) is 28.4 Å². The van der Waals surface area contributed by atoms with Crippen molar-refractivity contribution in [3.8, 4) is 11.5 Å². The molecule has 1 N–H and O–H groups in total. The Bertz CT molecular complexity index is 611. The Morgan fingerprint density at radius 1 is 0.955 bits per heavy atom. The highest BCUT2D eigenvalue weighted by molar-refractivity contribution is 5.94. The first-order valence-electron chi connectivity index (χ1n) is 7.14. The summed E-state index contributed by atoms with van der Waals surface area (Å²) in [6.07, 6.45) is -0.270. The molecule has 5 nitrogen and oxygen atoms in total. The average Bonchev–Trinajstić information content (AvgIpc) is 2.57. The van der Waals surface area contributed by atoms with Gasteiger partial charge in [-0.15, -0.1) is 0 Å². The number of ether oxygens (including phenoxy) is 4. The molecule has 2 aromatic rings. The molecule has 0 atom stereocenters. The van der Waals surface area contributed by atoms with Crippen LogP contribution in [0.25, 0.3) is 10.8 Å². The first kappa shape index (κ1) is 16.5. The van der Waals surface area contributed by atoms with E-state index in [0.717, 1.165) is 27.8 Å². The Balaban J connectivity index is 2.28. The molecule has 0 spiro atoms. The number of methoxy groups -OCH3 is 4. The second kappa shape index (κ2) is 7.98. The van der Waals surface area contributed by atoms with E-state index in [1.165, 1.54) is 0 Å². The van der Waals surface area contributed by atoms with Crippen LogP contribution in [0.15, 0.2) is 30.3 Å². The highest BCUT2D eigenvalue weighted by Crippen LogP contribution is 2.36. The van der Waals surface area contributed by atoms with Gasteiger partial charge < -0.3 is 24.3 Å². The zero-order chi connectivity index (χ0) is 15.9. The van der Waals surface area contributed by atoms with Crippen molar-refractivity contribution in [2.24, 2.45) is 0 Å². The first-order chi connectivity index (χ1) is 10.7. The summed E-state index contributed by atoms with van der Waals surface area (Å²) in [5.41, 5.74) is 1.03. The van der Waals surface area contributed by atoms with Gasteiger partial charge in [0.1, 0.15) is 11.5 Å². The van der Waals surface area contributed by atoms with Crippen molar-refractivity contribution >= 4 is 10.8 Å². The van der Waals surface area contributed by atoms with Crippen LogP contribution in [0.2, 0.25) is 0 Å². The molecule has 0 fully saturated rings. The van der Waals surface area contributed by atoms with Crippen LogP contribution < -0.4 is 14.8 Å². The molecule has 0 aliphatic carbocycles. The minimum atomic E-state index is -0.270. The molecule has 0 saturated heterocycles. The molecule has 0 bridgehead atoms. The minimum absolute atomic E-state index is 0.270. The summed E-state index contributed by atoms with van der Waals surface area (Å²) in [4.78, 5) is 0. The summed E-state index contributed by atoms with van der Waals surface area (Å²) in [6.45, 7) is 1.22. The summed E-state index contributed by atoms with van der Waals surface area (Å²) < 4.78 is 21.5. The monoisotopic (exact) mass is 305 g/mol. The number of fused-ring (bicyclic) bond motifs is 1. The van der Waals surface area contributed by atoms with Crippen LogP contribution in [-0.4, -0.2) is 41.3 Å². The van der Waals surface area contributed by atoms with Gasteiger partial charge in [0, 0.05) is 43.6 Å². The molecule has 22 heavy (non-hydrogen) atoms. The number of hydrogen-bond donors (Lipinski definition) is 1. The number of nitrogens with one attached hydrogen (secondary N) is 1. The van der Waals surface area contributed by atoms with Gasteiger partial charge in [0.25, 0.3) is 0 Å². The smallest absolute Gasteiger partial charge is 0.169 e. The molecule has 0 aromatic heterocycles. The minimum Gasteiger partial charge on any atom is -0.496 e. The zero-order valence-corrected chi connectivity index (χ0v) is 13.5. The van der Waals surface area contributed by atoms with E-state index in [1.807, 2.05) is 30.3 Å². The van der Waals surface area contributed by atoms with Gasteiger partial charge in [0.2, 0.25) is 0 Å². The number of rotatable bonds is 8. The molecular weight excluding hydrogens is 282 g/mol. The topological polar surface area (TPSA) is 49.0 Å². The molecule has 2 aromatic carbocycles. The van der Waals surface area contributed by atoms with E-state index < -0.39 is 0 Å². The van der Waals surface area contributed by atoms with Crippen LogP contribution in [0, 0.1) is 0 Å². The number of benzene rings is 2. The molecule has 0 amide bonds. The third-order valence-corrected chi connectivity index (χ3v) is 3.61. The average molecular weight is 305 g/mol. The van der Waals surface area contributed by atoms with Crippen molar-refractivity contribution in [2.45, 2.75) is 12.8 Å². The summed E-state index contributed by atoms with van der Waals surface area (Å²) in [5.74, 6) is 1.69. The van der Waals surface area contributed by atoms with Gasteiger partial charge in [-0.2, -0.15) is 0 Å². The first-order valence-corrected chi connectivity index (χ1v) is 7.14. The largest absolute Gasteiger partial charge is 0.496 e. The summed E-state index contributed by atoms with van der Waals surface area (Å²) in [7, 11) is 6.60. The second-order valence-electron chi connectivity index (χ2n) is 4.85. The molecule has 0 unspecified atom stereocenters.